The van der Waals surface area contributed by atoms with Crippen LogP contribution >= 0.6 is 0 Å². The van der Waals surface area contributed by atoms with Gasteiger partial charge in [0.2, 0.25) is 6.29 Å². The highest BCUT2D eigenvalue weighted by Crippen LogP contribution is 2.10. The van der Waals surface area contributed by atoms with Gasteiger partial charge in [-0.05, 0) is 6.42 Å². The fourth-order valence-electron chi connectivity index (χ4n) is 0.684. The molecule has 12 heavy (non-hydrogen) atoms. The SMILES string of the molecule is CCC(C(=O)O)C(O)OC(=O)O. The number of rotatable bonds is 4. The number of aliphatic carboxylic acids is 1. The predicted octanol–water partition coefficient (Wildman–Crippen LogP) is 0.110. The molecule has 0 fully saturated rings. The molecule has 0 radical (unpaired) electrons. The molecule has 0 spiro atoms. The summed E-state index contributed by atoms with van der Waals surface area (Å²) in [5.74, 6) is -2.49. The van der Waals surface area contributed by atoms with E-state index in [1.165, 1.54) is 6.92 Å². The van der Waals surface area contributed by atoms with Crippen molar-refractivity contribution in [2.24, 2.45) is 5.92 Å². The molecule has 0 amide bonds. The number of aliphatic hydroxyl groups excluding tert-OH is 1. The molecular formula is C6H10O6. The van der Waals surface area contributed by atoms with Crippen LogP contribution in [-0.2, 0) is 9.53 Å². The van der Waals surface area contributed by atoms with Crippen molar-refractivity contribution >= 4 is 12.1 Å². The van der Waals surface area contributed by atoms with Crippen LogP contribution in [0.3, 0.4) is 0 Å². The van der Waals surface area contributed by atoms with Crippen LogP contribution in [0.1, 0.15) is 13.3 Å². The van der Waals surface area contributed by atoms with Crippen molar-refractivity contribution in [2.45, 2.75) is 19.6 Å². The zero-order chi connectivity index (χ0) is 9.72. The second-order valence-electron chi connectivity index (χ2n) is 2.13. The fourth-order valence-corrected chi connectivity index (χ4v) is 0.684. The smallest absolute Gasteiger partial charge is 0.481 e. The Bertz CT molecular complexity index is 177. The average molecular weight is 178 g/mol. The summed E-state index contributed by atoms with van der Waals surface area (Å²) in [7, 11) is 0. The van der Waals surface area contributed by atoms with Gasteiger partial charge >= 0.3 is 12.1 Å². The third kappa shape index (κ3) is 3.20. The first kappa shape index (κ1) is 10.7. The lowest BCUT2D eigenvalue weighted by molar-refractivity contribution is -0.161. The standard InChI is InChI=1S/C6H10O6/c1-2-3(4(7)8)5(9)12-6(10)11/h3,5,9H,2H2,1H3,(H,7,8)(H,10,11). The summed E-state index contributed by atoms with van der Waals surface area (Å²) in [6.07, 6.45) is -3.39. The second-order valence-corrected chi connectivity index (χ2v) is 2.13. The maximum atomic E-state index is 10.3. The zero-order valence-electron chi connectivity index (χ0n) is 6.43. The minimum absolute atomic E-state index is 0.101. The molecule has 2 atom stereocenters. The van der Waals surface area contributed by atoms with Crippen molar-refractivity contribution in [2.75, 3.05) is 0 Å². The van der Waals surface area contributed by atoms with Crippen molar-refractivity contribution in [1.29, 1.82) is 0 Å². The quantitative estimate of drug-likeness (QED) is 0.417. The molecule has 0 heterocycles. The molecule has 0 aromatic heterocycles. The molecule has 6 heteroatoms. The second kappa shape index (κ2) is 4.55. The first-order chi connectivity index (χ1) is 5.49. The summed E-state index contributed by atoms with van der Waals surface area (Å²) in [6.45, 7) is 1.51. The van der Waals surface area contributed by atoms with Crippen LogP contribution in [0.25, 0.3) is 0 Å². The minimum atomic E-state index is -1.80. The van der Waals surface area contributed by atoms with E-state index in [4.69, 9.17) is 15.3 Å². The van der Waals surface area contributed by atoms with Gasteiger partial charge in [0.25, 0.3) is 0 Å². The lowest BCUT2D eigenvalue weighted by Gasteiger charge is -2.15. The third-order valence-electron chi connectivity index (χ3n) is 1.32. The highest BCUT2D eigenvalue weighted by atomic mass is 16.7. The van der Waals surface area contributed by atoms with Crippen LogP contribution < -0.4 is 0 Å². The van der Waals surface area contributed by atoms with Crippen LogP contribution in [0, 0.1) is 5.92 Å². The minimum Gasteiger partial charge on any atom is -0.481 e. The highest BCUT2D eigenvalue weighted by molar-refractivity contribution is 5.70. The molecule has 2 unspecified atom stereocenters. The number of hydrogen-bond donors (Lipinski definition) is 3. The van der Waals surface area contributed by atoms with Crippen LogP contribution in [0.4, 0.5) is 4.79 Å². The molecular weight excluding hydrogens is 168 g/mol. The van der Waals surface area contributed by atoms with Crippen LogP contribution in [0.2, 0.25) is 0 Å². The van der Waals surface area contributed by atoms with Crippen molar-refractivity contribution < 1.29 is 29.6 Å². The zero-order valence-corrected chi connectivity index (χ0v) is 6.43. The number of carboxylic acid groups (broad SMARTS) is 2. The van der Waals surface area contributed by atoms with Crippen LogP contribution in [0.15, 0.2) is 0 Å². The summed E-state index contributed by atoms with van der Waals surface area (Å²) >= 11 is 0. The van der Waals surface area contributed by atoms with Crippen molar-refractivity contribution in [3.8, 4) is 0 Å². The molecule has 0 bridgehead atoms. The van der Waals surface area contributed by atoms with Gasteiger partial charge in [-0.3, -0.25) is 4.79 Å². The molecule has 0 aliphatic carbocycles. The average Bonchev–Trinajstić information content (AvgIpc) is 1.85. The van der Waals surface area contributed by atoms with Gasteiger partial charge in [-0.1, -0.05) is 6.92 Å². The van der Waals surface area contributed by atoms with E-state index in [2.05, 4.69) is 4.74 Å². The van der Waals surface area contributed by atoms with Gasteiger partial charge in [-0.25, -0.2) is 4.79 Å². The Balaban J connectivity index is 4.11. The molecule has 0 aliphatic rings. The van der Waals surface area contributed by atoms with Gasteiger partial charge in [0.1, 0.15) is 5.92 Å². The Morgan fingerprint density at radius 3 is 2.17 bits per heavy atom. The topological polar surface area (TPSA) is 104 Å². The monoisotopic (exact) mass is 178 g/mol. The van der Waals surface area contributed by atoms with Gasteiger partial charge in [-0.2, -0.15) is 0 Å². The van der Waals surface area contributed by atoms with Gasteiger partial charge in [0.05, 0.1) is 0 Å². The van der Waals surface area contributed by atoms with E-state index in [9.17, 15) is 9.59 Å². The van der Waals surface area contributed by atoms with Crippen LogP contribution in [-0.4, -0.2) is 33.7 Å². The molecule has 0 saturated carbocycles. The number of aliphatic hydroxyl groups is 1. The summed E-state index contributed by atoms with van der Waals surface area (Å²) in [5, 5.41) is 25.3. The number of ether oxygens (including phenoxy) is 1. The van der Waals surface area contributed by atoms with E-state index in [1.807, 2.05) is 0 Å². The van der Waals surface area contributed by atoms with E-state index < -0.39 is 24.3 Å². The molecule has 0 aromatic carbocycles. The summed E-state index contributed by atoms with van der Waals surface area (Å²) in [5.41, 5.74) is 0. The van der Waals surface area contributed by atoms with E-state index in [0.717, 1.165) is 0 Å². The summed E-state index contributed by atoms with van der Waals surface area (Å²) < 4.78 is 3.86. The molecule has 6 nitrogen and oxygen atoms in total. The van der Waals surface area contributed by atoms with E-state index in [0.29, 0.717) is 0 Å². The van der Waals surface area contributed by atoms with Gasteiger partial charge < -0.3 is 20.1 Å². The Hall–Kier alpha value is -1.30. The first-order valence-corrected chi connectivity index (χ1v) is 3.29. The molecule has 0 rings (SSSR count). The Labute approximate surface area is 68.4 Å². The highest BCUT2D eigenvalue weighted by Gasteiger charge is 2.27. The Kier molecular flexibility index (Phi) is 4.06. The molecule has 0 aromatic rings. The third-order valence-corrected chi connectivity index (χ3v) is 1.32. The summed E-state index contributed by atoms with van der Waals surface area (Å²) in [6, 6.07) is 0. The molecule has 70 valence electrons. The largest absolute Gasteiger partial charge is 0.508 e. The van der Waals surface area contributed by atoms with Crippen molar-refractivity contribution in [3.05, 3.63) is 0 Å². The van der Waals surface area contributed by atoms with E-state index in [1.54, 1.807) is 0 Å². The normalized spacial score (nSPS) is 14.8. The lowest BCUT2D eigenvalue weighted by Crippen LogP contribution is -2.31. The summed E-state index contributed by atoms with van der Waals surface area (Å²) in [4.78, 5) is 20.2. The van der Waals surface area contributed by atoms with Crippen molar-refractivity contribution in [3.63, 3.8) is 0 Å². The maximum absolute atomic E-state index is 10.3. The number of hydrogen-bond acceptors (Lipinski definition) is 4. The molecule has 0 saturated heterocycles. The van der Waals surface area contributed by atoms with Gasteiger partial charge in [0, 0.05) is 0 Å². The first-order valence-electron chi connectivity index (χ1n) is 3.29. The molecule has 0 aliphatic heterocycles. The number of carboxylic acids is 1. The van der Waals surface area contributed by atoms with Gasteiger partial charge in [-0.15, -0.1) is 0 Å². The fraction of sp³-hybridized carbons (Fsp3) is 0.667. The maximum Gasteiger partial charge on any atom is 0.508 e. The number of carbonyl (C=O) groups is 2. The predicted molar refractivity (Wildman–Crippen MR) is 36.5 cm³/mol. The van der Waals surface area contributed by atoms with E-state index in [-0.39, 0.29) is 6.42 Å². The van der Waals surface area contributed by atoms with Crippen LogP contribution in [0.5, 0.6) is 0 Å². The lowest BCUT2D eigenvalue weighted by atomic mass is 10.1. The molecule has 3 N–H and O–H groups in total. The van der Waals surface area contributed by atoms with Crippen molar-refractivity contribution in [1.82, 2.24) is 0 Å². The van der Waals surface area contributed by atoms with E-state index >= 15 is 0 Å². The Morgan fingerprint density at radius 1 is 1.42 bits per heavy atom. The van der Waals surface area contributed by atoms with Gasteiger partial charge in [0.15, 0.2) is 0 Å². The Morgan fingerprint density at radius 2 is 1.92 bits per heavy atom.